The molecule has 1 aromatic heterocycles. The Morgan fingerprint density at radius 3 is 2.62 bits per heavy atom. The summed E-state index contributed by atoms with van der Waals surface area (Å²) >= 11 is 1.54. The first-order valence-corrected chi connectivity index (χ1v) is 8.48. The highest BCUT2D eigenvalue weighted by molar-refractivity contribution is 7.08. The number of hydrogen-bond donors (Lipinski definition) is 1. The molecule has 0 spiro atoms. The minimum Gasteiger partial charge on any atom is -0.339 e. The maximum Gasteiger partial charge on any atom is 0.254 e. The van der Waals surface area contributed by atoms with E-state index in [0.29, 0.717) is 38.5 Å². The lowest BCUT2D eigenvalue weighted by molar-refractivity contribution is -0.133. The Balaban J connectivity index is 1.48. The summed E-state index contributed by atoms with van der Waals surface area (Å²) in [4.78, 5) is 28.3. The first-order chi connectivity index (χ1) is 10.2. The fourth-order valence-corrected chi connectivity index (χ4v) is 3.62. The van der Waals surface area contributed by atoms with Crippen molar-refractivity contribution in [1.29, 1.82) is 0 Å². The van der Waals surface area contributed by atoms with Crippen LogP contribution < -0.4 is 5.32 Å². The minimum absolute atomic E-state index is 0.0864. The second-order valence-corrected chi connectivity index (χ2v) is 6.53. The van der Waals surface area contributed by atoms with Gasteiger partial charge in [-0.15, -0.1) is 0 Å². The van der Waals surface area contributed by atoms with E-state index >= 15 is 0 Å². The average Bonchev–Trinajstić information content (AvgIpc) is 3.20. The normalized spacial score (nSPS) is 22.6. The second-order valence-electron chi connectivity index (χ2n) is 5.75. The summed E-state index contributed by atoms with van der Waals surface area (Å²) < 4.78 is 0. The van der Waals surface area contributed by atoms with Crippen LogP contribution in [0.1, 0.15) is 23.2 Å². The Hall–Kier alpha value is -1.40. The zero-order chi connectivity index (χ0) is 14.7. The third kappa shape index (κ3) is 3.44. The molecular formula is C15H21N3O2S. The zero-order valence-electron chi connectivity index (χ0n) is 12.1. The molecule has 2 amide bonds. The maximum absolute atomic E-state index is 12.3. The second kappa shape index (κ2) is 6.58. The van der Waals surface area contributed by atoms with E-state index in [2.05, 4.69) is 5.32 Å². The molecule has 0 aromatic carbocycles. The standard InChI is InChI=1S/C15H21N3O2S/c19-14(9-12-1-3-16-10-12)17-4-6-18(7-5-17)15(20)13-2-8-21-11-13/h2,8,11-12,16H,1,3-7,9-10H2. The number of carbonyl (C=O) groups excluding carboxylic acids is 2. The lowest BCUT2D eigenvalue weighted by Gasteiger charge is -2.35. The number of thiophene rings is 1. The number of nitrogens with one attached hydrogen (secondary N) is 1. The molecule has 2 aliphatic heterocycles. The van der Waals surface area contributed by atoms with Crippen LogP contribution in [-0.2, 0) is 4.79 Å². The molecule has 2 saturated heterocycles. The van der Waals surface area contributed by atoms with Gasteiger partial charge >= 0.3 is 0 Å². The Morgan fingerprint density at radius 2 is 2.00 bits per heavy atom. The number of amides is 2. The molecule has 0 radical (unpaired) electrons. The Morgan fingerprint density at radius 1 is 1.24 bits per heavy atom. The summed E-state index contributed by atoms with van der Waals surface area (Å²) in [5.74, 6) is 0.817. The molecule has 0 saturated carbocycles. The molecular weight excluding hydrogens is 286 g/mol. The van der Waals surface area contributed by atoms with Crippen LogP contribution in [0.2, 0.25) is 0 Å². The van der Waals surface area contributed by atoms with Crippen LogP contribution >= 0.6 is 11.3 Å². The van der Waals surface area contributed by atoms with Crippen molar-refractivity contribution >= 4 is 23.2 Å². The first kappa shape index (κ1) is 14.5. The van der Waals surface area contributed by atoms with Gasteiger partial charge in [0.15, 0.2) is 0 Å². The van der Waals surface area contributed by atoms with Crippen LogP contribution in [0, 0.1) is 5.92 Å². The lowest BCUT2D eigenvalue weighted by Crippen LogP contribution is -2.50. The van der Waals surface area contributed by atoms with Gasteiger partial charge in [-0.25, -0.2) is 0 Å². The summed E-state index contributed by atoms with van der Waals surface area (Å²) in [6.07, 6.45) is 1.74. The van der Waals surface area contributed by atoms with E-state index in [4.69, 9.17) is 0 Å². The summed E-state index contributed by atoms with van der Waals surface area (Å²) in [6, 6.07) is 1.86. The van der Waals surface area contributed by atoms with Crippen LogP contribution in [0.5, 0.6) is 0 Å². The number of hydrogen-bond acceptors (Lipinski definition) is 4. The number of carbonyl (C=O) groups is 2. The average molecular weight is 307 g/mol. The lowest BCUT2D eigenvalue weighted by atomic mass is 10.0. The van der Waals surface area contributed by atoms with E-state index < -0.39 is 0 Å². The van der Waals surface area contributed by atoms with Crippen LogP contribution in [0.3, 0.4) is 0 Å². The molecule has 21 heavy (non-hydrogen) atoms. The van der Waals surface area contributed by atoms with Gasteiger partial charge in [-0.3, -0.25) is 9.59 Å². The van der Waals surface area contributed by atoms with E-state index in [1.807, 2.05) is 26.6 Å². The van der Waals surface area contributed by atoms with Gasteiger partial charge in [0.25, 0.3) is 5.91 Å². The smallest absolute Gasteiger partial charge is 0.254 e. The summed E-state index contributed by atoms with van der Waals surface area (Å²) in [5, 5.41) is 7.10. The van der Waals surface area contributed by atoms with Crippen LogP contribution in [0.4, 0.5) is 0 Å². The topological polar surface area (TPSA) is 52.7 Å². The van der Waals surface area contributed by atoms with Gasteiger partial charge in [-0.2, -0.15) is 11.3 Å². The Kier molecular flexibility index (Phi) is 4.55. The van der Waals surface area contributed by atoms with Crippen molar-refractivity contribution in [3.63, 3.8) is 0 Å². The monoisotopic (exact) mass is 307 g/mol. The Bertz CT molecular complexity index is 489. The molecule has 1 aromatic rings. The largest absolute Gasteiger partial charge is 0.339 e. The first-order valence-electron chi connectivity index (χ1n) is 7.54. The highest BCUT2D eigenvalue weighted by Crippen LogP contribution is 2.16. The third-order valence-corrected chi connectivity index (χ3v) is 5.00. The molecule has 1 unspecified atom stereocenters. The molecule has 2 aliphatic rings. The van der Waals surface area contributed by atoms with E-state index in [1.165, 1.54) is 11.3 Å². The van der Waals surface area contributed by atoms with Crippen LogP contribution in [-0.4, -0.2) is 60.9 Å². The third-order valence-electron chi connectivity index (χ3n) is 4.31. The van der Waals surface area contributed by atoms with Crippen molar-refractivity contribution in [3.8, 4) is 0 Å². The van der Waals surface area contributed by atoms with Gasteiger partial charge < -0.3 is 15.1 Å². The van der Waals surface area contributed by atoms with Crippen molar-refractivity contribution in [1.82, 2.24) is 15.1 Å². The maximum atomic E-state index is 12.3. The zero-order valence-corrected chi connectivity index (χ0v) is 12.9. The van der Waals surface area contributed by atoms with Crippen molar-refractivity contribution in [2.24, 2.45) is 5.92 Å². The van der Waals surface area contributed by atoms with Crippen molar-refractivity contribution in [3.05, 3.63) is 22.4 Å². The summed E-state index contributed by atoms with van der Waals surface area (Å²) in [6.45, 7) is 4.60. The van der Waals surface area contributed by atoms with Crippen LogP contribution in [0.15, 0.2) is 16.8 Å². The fourth-order valence-electron chi connectivity index (χ4n) is 2.99. The predicted octanol–water partition coefficient (Wildman–Crippen LogP) is 1.03. The van der Waals surface area contributed by atoms with Gasteiger partial charge in [0.1, 0.15) is 0 Å². The summed E-state index contributed by atoms with van der Waals surface area (Å²) in [7, 11) is 0. The quantitative estimate of drug-likeness (QED) is 0.907. The van der Waals surface area contributed by atoms with Crippen LogP contribution in [0.25, 0.3) is 0 Å². The predicted molar refractivity (Wildman–Crippen MR) is 82.4 cm³/mol. The molecule has 5 nitrogen and oxygen atoms in total. The summed E-state index contributed by atoms with van der Waals surface area (Å²) in [5.41, 5.74) is 0.761. The molecule has 2 fully saturated rings. The number of rotatable bonds is 3. The van der Waals surface area contributed by atoms with E-state index in [-0.39, 0.29) is 11.8 Å². The van der Waals surface area contributed by atoms with E-state index in [9.17, 15) is 9.59 Å². The van der Waals surface area contributed by atoms with Crippen molar-refractivity contribution < 1.29 is 9.59 Å². The van der Waals surface area contributed by atoms with Crippen molar-refractivity contribution in [2.75, 3.05) is 39.3 Å². The van der Waals surface area contributed by atoms with Gasteiger partial charge in [0.05, 0.1) is 5.56 Å². The fraction of sp³-hybridized carbons (Fsp3) is 0.600. The Labute approximate surface area is 128 Å². The van der Waals surface area contributed by atoms with Crippen molar-refractivity contribution in [2.45, 2.75) is 12.8 Å². The highest BCUT2D eigenvalue weighted by Gasteiger charge is 2.27. The number of piperazine rings is 1. The van der Waals surface area contributed by atoms with Gasteiger partial charge in [-0.1, -0.05) is 0 Å². The molecule has 114 valence electrons. The molecule has 3 rings (SSSR count). The highest BCUT2D eigenvalue weighted by atomic mass is 32.1. The van der Waals surface area contributed by atoms with Gasteiger partial charge in [0.2, 0.25) is 5.91 Å². The molecule has 1 N–H and O–H groups in total. The SMILES string of the molecule is O=C(CC1CCNC1)N1CCN(C(=O)c2ccsc2)CC1. The molecule has 3 heterocycles. The molecule has 1 atom stereocenters. The van der Waals surface area contributed by atoms with E-state index in [1.54, 1.807) is 0 Å². The van der Waals surface area contributed by atoms with Gasteiger partial charge in [-0.05, 0) is 36.9 Å². The van der Waals surface area contributed by atoms with Gasteiger partial charge in [0, 0.05) is 38.0 Å². The number of nitrogens with zero attached hydrogens (tertiary/aromatic N) is 2. The van der Waals surface area contributed by atoms with E-state index in [0.717, 1.165) is 25.1 Å². The minimum atomic E-state index is 0.0864. The molecule has 6 heteroatoms. The molecule has 0 bridgehead atoms. The molecule has 0 aliphatic carbocycles.